The van der Waals surface area contributed by atoms with Crippen molar-refractivity contribution in [3.8, 4) is 0 Å². The molecule has 1 saturated heterocycles. The third kappa shape index (κ3) is 4.19. The van der Waals surface area contributed by atoms with Crippen LogP contribution in [0.2, 0.25) is 0 Å². The monoisotopic (exact) mass is 412 g/mol. The maximum Gasteiger partial charge on any atom is 0.254 e. The molecular weight excluding hydrogens is 388 g/mol. The van der Waals surface area contributed by atoms with E-state index in [1.807, 2.05) is 17.0 Å². The molecule has 0 atom stereocenters. The van der Waals surface area contributed by atoms with Gasteiger partial charge in [0.25, 0.3) is 5.91 Å². The summed E-state index contributed by atoms with van der Waals surface area (Å²) in [4.78, 5) is 28.7. The van der Waals surface area contributed by atoms with Crippen LogP contribution in [0, 0.1) is 0 Å². The number of carbonyl (C=O) groups excluding carboxylic acids is 2. The van der Waals surface area contributed by atoms with E-state index >= 15 is 0 Å². The second kappa shape index (κ2) is 7.99. The number of nitrogens with zero attached hydrogens (tertiary/aromatic N) is 2. The molecule has 2 amide bonds. The van der Waals surface area contributed by atoms with Crippen LogP contribution in [-0.2, 0) is 27.7 Å². The summed E-state index contributed by atoms with van der Waals surface area (Å²) in [5.74, 6) is -0.0800. The Morgan fingerprint density at radius 1 is 0.966 bits per heavy atom. The van der Waals surface area contributed by atoms with E-state index in [1.54, 1.807) is 41.3 Å². The molecule has 2 aromatic rings. The highest BCUT2D eigenvalue weighted by Gasteiger charge is 2.28. The molecule has 1 fully saturated rings. The fourth-order valence-electron chi connectivity index (χ4n) is 3.92. The quantitative estimate of drug-likeness (QED) is 0.777. The number of hydrogen-bond acceptors (Lipinski definition) is 4. The fourth-order valence-corrected chi connectivity index (χ4v) is 5.42. The third-order valence-electron chi connectivity index (χ3n) is 5.58. The molecule has 152 valence electrons. The summed E-state index contributed by atoms with van der Waals surface area (Å²) in [5.41, 5.74) is 2.16. The molecule has 0 unspecified atom stereocenters. The summed E-state index contributed by atoms with van der Waals surface area (Å²) in [6.45, 7) is 1.78. The van der Waals surface area contributed by atoms with Crippen LogP contribution >= 0.6 is 0 Å². The number of rotatable bonds is 3. The van der Waals surface area contributed by atoms with Gasteiger partial charge in [0.05, 0.1) is 10.6 Å². The molecule has 2 aliphatic heterocycles. The average molecular weight is 413 g/mol. The molecule has 2 heterocycles. The van der Waals surface area contributed by atoms with Gasteiger partial charge in [0.2, 0.25) is 5.91 Å². The van der Waals surface area contributed by atoms with Gasteiger partial charge < -0.3 is 9.80 Å². The molecule has 0 radical (unpaired) electrons. The van der Waals surface area contributed by atoms with Crippen molar-refractivity contribution in [1.29, 1.82) is 0 Å². The lowest BCUT2D eigenvalue weighted by Crippen LogP contribution is -2.34. The molecule has 2 aromatic carbocycles. The minimum atomic E-state index is -3.39. The van der Waals surface area contributed by atoms with E-state index in [0.29, 0.717) is 29.0 Å². The lowest BCUT2D eigenvalue weighted by atomic mass is 10.1. The van der Waals surface area contributed by atoms with E-state index in [4.69, 9.17) is 0 Å². The zero-order valence-corrected chi connectivity index (χ0v) is 17.0. The molecule has 7 heteroatoms. The van der Waals surface area contributed by atoms with Gasteiger partial charge in [-0.2, -0.15) is 0 Å². The molecule has 2 aliphatic rings. The van der Waals surface area contributed by atoms with Crippen molar-refractivity contribution < 1.29 is 18.0 Å². The summed E-state index contributed by atoms with van der Waals surface area (Å²) in [6.07, 6.45) is 2.59. The summed E-state index contributed by atoms with van der Waals surface area (Å²) in [6, 6.07) is 14.1. The first-order valence-electron chi connectivity index (χ1n) is 9.91. The Balaban J connectivity index is 1.49. The van der Waals surface area contributed by atoms with Crippen LogP contribution in [-0.4, -0.2) is 48.9 Å². The van der Waals surface area contributed by atoms with Crippen LogP contribution in [0.3, 0.4) is 0 Å². The SMILES string of the molecule is O=C1CCCCN1Cc1ccc(C(=O)N2CCS(=O)(=O)c3ccccc3C2)cc1. The number of fused-ring (bicyclic) bond motifs is 1. The number of likely N-dealkylation sites (tertiary alicyclic amines) is 1. The molecule has 4 rings (SSSR count). The lowest BCUT2D eigenvalue weighted by molar-refractivity contribution is -0.133. The van der Waals surface area contributed by atoms with Gasteiger partial charge in [0, 0.05) is 38.2 Å². The number of hydrogen-bond donors (Lipinski definition) is 0. The Morgan fingerprint density at radius 3 is 2.48 bits per heavy atom. The zero-order valence-electron chi connectivity index (χ0n) is 16.2. The molecular formula is C22H24N2O4S. The highest BCUT2D eigenvalue weighted by atomic mass is 32.2. The van der Waals surface area contributed by atoms with Crippen LogP contribution in [0.25, 0.3) is 0 Å². The van der Waals surface area contributed by atoms with Crippen LogP contribution in [0.1, 0.15) is 40.7 Å². The van der Waals surface area contributed by atoms with Crippen molar-refractivity contribution in [1.82, 2.24) is 9.80 Å². The van der Waals surface area contributed by atoms with Crippen molar-refractivity contribution in [2.45, 2.75) is 37.2 Å². The van der Waals surface area contributed by atoms with Crippen LogP contribution in [0.15, 0.2) is 53.4 Å². The Morgan fingerprint density at radius 2 is 1.72 bits per heavy atom. The second-order valence-corrected chi connectivity index (χ2v) is 9.70. The summed E-state index contributed by atoms with van der Waals surface area (Å²) in [7, 11) is -3.39. The molecule has 6 nitrogen and oxygen atoms in total. The smallest absolute Gasteiger partial charge is 0.254 e. The van der Waals surface area contributed by atoms with E-state index in [9.17, 15) is 18.0 Å². The second-order valence-electron chi connectivity index (χ2n) is 7.62. The van der Waals surface area contributed by atoms with E-state index in [1.165, 1.54) is 0 Å². The largest absolute Gasteiger partial charge is 0.338 e. The molecule has 0 spiro atoms. The van der Waals surface area contributed by atoms with Crippen LogP contribution < -0.4 is 0 Å². The number of carbonyl (C=O) groups is 2. The predicted molar refractivity (Wildman–Crippen MR) is 109 cm³/mol. The number of sulfone groups is 1. The van der Waals surface area contributed by atoms with Gasteiger partial charge in [0.15, 0.2) is 9.84 Å². The highest BCUT2D eigenvalue weighted by Crippen LogP contribution is 2.24. The molecule has 0 aliphatic carbocycles. The number of benzene rings is 2. The van der Waals surface area contributed by atoms with Crippen molar-refractivity contribution in [3.63, 3.8) is 0 Å². The van der Waals surface area contributed by atoms with Crippen molar-refractivity contribution >= 4 is 21.7 Å². The third-order valence-corrected chi connectivity index (χ3v) is 7.37. The average Bonchev–Trinajstić information content (AvgIpc) is 2.86. The van der Waals surface area contributed by atoms with E-state index in [-0.39, 0.29) is 30.7 Å². The number of amides is 2. The lowest BCUT2D eigenvalue weighted by Gasteiger charge is -2.27. The van der Waals surface area contributed by atoms with Gasteiger partial charge in [-0.05, 0) is 42.2 Å². The molecule has 0 bridgehead atoms. The van der Waals surface area contributed by atoms with E-state index in [2.05, 4.69) is 0 Å². The molecule has 0 saturated carbocycles. The Kier molecular flexibility index (Phi) is 5.41. The maximum absolute atomic E-state index is 13.0. The van der Waals surface area contributed by atoms with E-state index < -0.39 is 9.84 Å². The van der Waals surface area contributed by atoms with Gasteiger partial charge in [-0.1, -0.05) is 30.3 Å². The summed E-state index contributed by atoms with van der Waals surface area (Å²) < 4.78 is 25.0. The Bertz CT molecular complexity index is 1030. The van der Waals surface area contributed by atoms with Crippen molar-refractivity contribution in [3.05, 3.63) is 65.2 Å². The van der Waals surface area contributed by atoms with E-state index in [0.717, 1.165) is 24.9 Å². The van der Waals surface area contributed by atoms with Crippen molar-refractivity contribution in [2.24, 2.45) is 0 Å². The van der Waals surface area contributed by atoms with Gasteiger partial charge in [0.1, 0.15) is 0 Å². The maximum atomic E-state index is 13.0. The Labute approximate surface area is 171 Å². The highest BCUT2D eigenvalue weighted by molar-refractivity contribution is 7.91. The van der Waals surface area contributed by atoms with Gasteiger partial charge >= 0.3 is 0 Å². The standard InChI is InChI=1S/C22H24N2O4S/c25-21-7-3-4-12-23(21)15-17-8-10-18(11-9-17)22(26)24-13-14-29(27,28)20-6-2-1-5-19(20)16-24/h1-2,5-6,8-11H,3-4,7,12-16H2. The van der Waals surface area contributed by atoms with Crippen LogP contribution in [0.4, 0.5) is 0 Å². The first-order valence-corrected chi connectivity index (χ1v) is 11.6. The predicted octanol–water partition coefficient (Wildman–Crippen LogP) is 2.63. The molecule has 29 heavy (non-hydrogen) atoms. The normalized spacial score (nSPS) is 18.8. The first kappa shape index (κ1) is 19.6. The fraction of sp³-hybridized carbons (Fsp3) is 0.364. The summed E-state index contributed by atoms with van der Waals surface area (Å²) >= 11 is 0. The van der Waals surface area contributed by atoms with Crippen LogP contribution in [0.5, 0.6) is 0 Å². The topological polar surface area (TPSA) is 74.8 Å². The molecule has 0 aromatic heterocycles. The van der Waals surface area contributed by atoms with Gasteiger partial charge in [-0.25, -0.2) is 8.42 Å². The minimum Gasteiger partial charge on any atom is -0.338 e. The van der Waals surface area contributed by atoms with Gasteiger partial charge in [-0.15, -0.1) is 0 Å². The minimum absolute atomic E-state index is 0.0785. The van der Waals surface area contributed by atoms with Gasteiger partial charge in [-0.3, -0.25) is 9.59 Å². The number of piperidine rings is 1. The Hall–Kier alpha value is -2.67. The summed E-state index contributed by atoms with van der Waals surface area (Å²) in [5, 5.41) is 0. The molecule has 0 N–H and O–H groups in total. The first-order chi connectivity index (χ1) is 13.9. The zero-order chi connectivity index (χ0) is 20.4. The van der Waals surface area contributed by atoms with Crippen molar-refractivity contribution in [2.75, 3.05) is 18.8 Å².